The van der Waals surface area contributed by atoms with Gasteiger partial charge in [0.25, 0.3) is 0 Å². The van der Waals surface area contributed by atoms with Crippen LogP contribution >= 0.6 is 0 Å². The van der Waals surface area contributed by atoms with Gasteiger partial charge < -0.3 is 0 Å². The van der Waals surface area contributed by atoms with Gasteiger partial charge in [0, 0.05) is 23.0 Å². The number of pyridine rings is 1. The van der Waals surface area contributed by atoms with E-state index in [1.165, 1.54) is 55.6 Å². The Labute approximate surface area is 317 Å². The zero-order chi connectivity index (χ0) is 35.8. The van der Waals surface area contributed by atoms with Crippen LogP contribution in [0.1, 0.15) is 23.0 Å². The standard InChI is InChI=1S/C53H37N/c1-3-14-36(15-4-1)52-34-45(35-53(54-52)37-16-5-2-6-17-37)43-23-13-21-41(32-43)39-19-11-18-38(30-39)40-20-12-22-42(31-40)44-28-29-50-48-26-8-7-24-46(48)47-25-9-10-27-49(47)51(50)33-44/h1-35,47,49H. The molecular formula is C53H37N. The number of aromatic nitrogens is 1. The van der Waals surface area contributed by atoms with Crippen molar-refractivity contribution >= 4 is 0 Å². The fraction of sp³-hybridized carbons (Fsp3) is 0.0377. The fourth-order valence-electron chi connectivity index (χ4n) is 8.34. The zero-order valence-corrected chi connectivity index (χ0v) is 29.8. The molecule has 0 radical (unpaired) electrons. The van der Waals surface area contributed by atoms with Crippen molar-refractivity contribution in [3.8, 4) is 78.1 Å². The Hall–Kier alpha value is -6.83. The first kappa shape index (κ1) is 31.9. The lowest BCUT2D eigenvalue weighted by molar-refractivity contribution is 0.720. The predicted molar refractivity (Wildman–Crippen MR) is 226 cm³/mol. The Kier molecular flexibility index (Phi) is 8.04. The van der Waals surface area contributed by atoms with Crippen LogP contribution in [-0.4, -0.2) is 4.98 Å². The van der Waals surface area contributed by atoms with Gasteiger partial charge in [-0.15, -0.1) is 0 Å². The molecule has 1 nitrogen and oxygen atoms in total. The third-order valence-electron chi connectivity index (χ3n) is 11.0. The summed E-state index contributed by atoms with van der Waals surface area (Å²) in [5.41, 5.74) is 19.3. The summed E-state index contributed by atoms with van der Waals surface area (Å²) in [5, 5.41) is 0. The molecule has 7 aromatic carbocycles. The van der Waals surface area contributed by atoms with Gasteiger partial charge in [0.1, 0.15) is 0 Å². The molecule has 0 aliphatic heterocycles. The van der Waals surface area contributed by atoms with E-state index >= 15 is 0 Å². The first-order valence-electron chi connectivity index (χ1n) is 18.8. The van der Waals surface area contributed by atoms with Gasteiger partial charge in [-0.3, -0.25) is 0 Å². The number of allylic oxidation sites excluding steroid dienone is 4. The molecule has 0 saturated heterocycles. The molecule has 2 unspecified atom stereocenters. The number of benzene rings is 7. The molecule has 0 spiro atoms. The Morgan fingerprint density at radius 2 is 0.685 bits per heavy atom. The summed E-state index contributed by atoms with van der Waals surface area (Å²) in [6.07, 6.45) is 9.14. The minimum Gasteiger partial charge on any atom is -0.248 e. The summed E-state index contributed by atoms with van der Waals surface area (Å²) in [5.74, 6) is 0.717. The molecule has 0 amide bonds. The van der Waals surface area contributed by atoms with E-state index in [-0.39, 0.29) is 0 Å². The lowest BCUT2D eigenvalue weighted by atomic mass is 9.69. The van der Waals surface area contributed by atoms with Crippen LogP contribution in [0.4, 0.5) is 0 Å². The molecule has 8 aromatic rings. The van der Waals surface area contributed by atoms with Crippen LogP contribution in [0.3, 0.4) is 0 Å². The first-order valence-corrected chi connectivity index (χ1v) is 18.8. The second-order valence-corrected chi connectivity index (χ2v) is 14.3. The van der Waals surface area contributed by atoms with Crippen LogP contribution in [-0.2, 0) is 0 Å². The molecule has 1 heterocycles. The predicted octanol–water partition coefficient (Wildman–Crippen LogP) is 14.1. The summed E-state index contributed by atoms with van der Waals surface area (Å²) in [7, 11) is 0. The lowest BCUT2D eigenvalue weighted by Crippen LogP contribution is -2.16. The van der Waals surface area contributed by atoms with Gasteiger partial charge in [-0.2, -0.15) is 0 Å². The van der Waals surface area contributed by atoms with Crippen molar-refractivity contribution in [3.05, 3.63) is 223 Å². The molecule has 54 heavy (non-hydrogen) atoms. The van der Waals surface area contributed by atoms with Gasteiger partial charge in [0.15, 0.2) is 0 Å². The Morgan fingerprint density at radius 1 is 0.278 bits per heavy atom. The molecule has 2 aliphatic rings. The van der Waals surface area contributed by atoms with Gasteiger partial charge in [0.05, 0.1) is 11.4 Å². The van der Waals surface area contributed by atoms with Crippen molar-refractivity contribution in [2.24, 2.45) is 0 Å². The van der Waals surface area contributed by atoms with Crippen LogP contribution in [0.15, 0.2) is 212 Å². The summed E-state index contributed by atoms with van der Waals surface area (Å²) < 4.78 is 0. The Morgan fingerprint density at radius 3 is 1.22 bits per heavy atom. The molecule has 2 atom stereocenters. The molecule has 1 heteroatoms. The minimum atomic E-state index is 0.345. The monoisotopic (exact) mass is 687 g/mol. The smallest absolute Gasteiger partial charge is 0.0715 e. The number of rotatable bonds is 6. The van der Waals surface area contributed by atoms with Crippen molar-refractivity contribution in [1.82, 2.24) is 4.98 Å². The van der Waals surface area contributed by atoms with E-state index < -0.39 is 0 Å². The van der Waals surface area contributed by atoms with E-state index in [0.717, 1.165) is 33.6 Å². The van der Waals surface area contributed by atoms with E-state index in [9.17, 15) is 0 Å². The molecule has 254 valence electrons. The Balaban J connectivity index is 0.992. The summed E-state index contributed by atoms with van der Waals surface area (Å²) in [6, 6.07) is 68.1. The van der Waals surface area contributed by atoms with Crippen LogP contribution in [0.25, 0.3) is 78.1 Å². The highest BCUT2D eigenvalue weighted by Gasteiger charge is 2.31. The molecule has 0 bridgehead atoms. The average molecular weight is 688 g/mol. The minimum absolute atomic E-state index is 0.345. The third kappa shape index (κ3) is 5.90. The van der Waals surface area contributed by atoms with E-state index in [4.69, 9.17) is 4.98 Å². The van der Waals surface area contributed by atoms with Crippen LogP contribution in [0.5, 0.6) is 0 Å². The van der Waals surface area contributed by atoms with Crippen LogP contribution in [0.2, 0.25) is 0 Å². The maximum atomic E-state index is 5.10. The van der Waals surface area contributed by atoms with E-state index in [1.54, 1.807) is 0 Å². The fourth-order valence-corrected chi connectivity index (χ4v) is 8.34. The maximum absolute atomic E-state index is 5.10. The first-order chi connectivity index (χ1) is 26.7. The second kappa shape index (κ2) is 13.6. The summed E-state index contributed by atoms with van der Waals surface area (Å²) >= 11 is 0. The number of nitrogens with zero attached hydrogens (tertiary/aromatic N) is 1. The van der Waals surface area contributed by atoms with Gasteiger partial charge in [0.2, 0.25) is 0 Å². The molecule has 2 aliphatic carbocycles. The largest absolute Gasteiger partial charge is 0.248 e. The zero-order valence-electron chi connectivity index (χ0n) is 29.8. The average Bonchev–Trinajstić information content (AvgIpc) is 3.27. The molecule has 0 saturated carbocycles. The molecule has 1 aromatic heterocycles. The number of fused-ring (bicyclic) bond motifs is 6. The topological polar surface area (TPSA) is 12.9 Å². The molecule has 0 N–H and O–H groups in total. The highest BCUT2D eigenvalue weighted by molar-refractivity contribution is 5.84. The van der Waals surface area contributed by atoms with Gasteiger partial charge in [-0.05, 0) is 103 Å². The van der Waals surface area contributed by atoms with Crippen molar-refractivity contribution in [2.45, 2.75) is 11.8 Å². The molecule has 0 fully saturated rings. The van der Waals surface area contributed by atoms with Crippen LogP contribution < -0.4 is 0 Å². The van der Waals surface area contributed by atoms with Crippen molar-refractivity contribution < 1.29 is 0 Å². The van der Waals surface area contributed by atoms with E-state index in [0.29, 0.717) is 11.8 Å². The third-order valence-corrected chi connectivity index (χ3v) is 11.0. The Bertz CT molecular complexity index is 2660. The van der Waals surface area contributed by atoms with Crippen LogP contribution in [0, 0.1) is 0 Å². The van der Waals surface area contributed by atoms with Gasteiger partial charge >= 0.3 is 0 Å². The van der Waals surface area contributed by atoms with Gasteiger partial charge in [-0.1, -0.05) is 176 Å². The van der Waals surface area contributed by atoms with E-state index in [2.05, 4.69) is 200 Å². The number of hydrogen-bond donors (Lipinski definition) is 0. The van der Waals surface area contributed by atoms with Crippen molar-refractivity contribution in [3.63, 3.8) is 0 Å². The summed E-state index contributed by atoms with van der Waals surface area (Å²) in [4.78, 5) is 5.10. The molecular weight excluding hydrogens is 651 g/mol. The SMILES string of the molecule is C1=CC2c3ccccc3-c3ccc(-c4cccc(-c5cccc(-c6cccc(-c7cc(-c8ccccc8)nc(-c8ccccc8)c7)c6)c5)c4)cc3C2C=C1. The molecule has 10 rings (SSSR count). The number of hydrogen-bond acceptors (Lipinski definition) is 1. The maximum Gasteiger partial charge on any atom is 0.0715 e. The highest BCUT2D eigenvalue weighted by Crippen LogP contribution is 2.50. The van der Waals surface area contributed by atoms with Gasteiger partial charge in [-0.25, -0.2) is 4.98 Å². The lowest BCUT2D eigenvalue weighted by Gasteiger charge is -2.34. The normalized spacial score (nSPS) is 15.3. The van der Waals surface area contributed by atoms with Crippen molar-refractivity contribution in [2.75, 3.05) is 0 Å². The van der Waals surface area contributed by atoms with Crippen molar-refractivity contribution in [1.29, 1.82) is 0 Å². The summed E-state index contributed by atoms with van der Waals surface area (Å²) in [6.45, 7) is 0. The quantitative estimate of drug-likeness (QED) is 0.170. The highest BCUT2D eigenvalue weighted by atomic mass is 14.7. The van der Waals surface area contributed by atoms with E-state index in [1.807, 2.05) is 12.1 Å². The second-order valence-electron chi connectivity index (χ2n) is 14.3.